The first-order valence-electron chi connectivity index (χ1n) is 8.69. The number of ether oxygens (including phenoxy) is 3. The molecule has 0 bridgehead atoms. The number of methoxy groups -OCH3 is 1. The fourth-order valence-electron chi connectivity index (χ4n) is 2.26. The number of hydrogen-bond acceptors (Lipinski definition) is 4. The average molecular weight is 355 g/mol. The molecule has 0 fully saturated rings. The number of amides is 1. The molecule has 0 spiro atoms. The van der Waals surface area contributed by atoms with Gasteiger partial charge in [-0.25, -0.2) is 0 Å². The van der Waals surface area contributed by atoms with Gasteiger partial charge in [-0.15, -0.1) is 0 Å². The summed E-state index contributed by atoms with van der Waals surface area (Å²) in [4.78, 5) is 12.1. The second-order valence-electron chi connectivity index (χ2n) is 5.54. The molecule has 0 saturated carbocycles. The van der Waals surface area contributed by atoms with E-state index in [1.165, 1.54) is 6.08 Å². The number of rotatable bonds is 9. The predicted molar refractivity (Wildman–Crippen MR) is 104 cm³/mol. The van der Waals surface area contributed by atoms with Crippen LogP contribution in [0.3, 0.4) is 0 Å². The van der Waals surface area contributed by atoms with Gasteiger partial charge in [-0.3, -0.25) is 4.79 Å². The number of benzene rings is 2. The molecule has 2 aromatic carbocycles. The minimum absolute atomic E-state index is 0.209. The molecule has 0 heterocycles. The molecular formula is C21H25NO4. The quantitative estimate of drug-likeness (QED) is 0.671. The number of carbonyl (C=O) groups is 1. The fraction of sp³-hybridized carbons (Fsp3) is 0.286. The summed E-state index contributed by atoms with van der Waals surface area (Å²) in [5.41, 5.74) is 1.57. The van der Waals surface area contributed by atoms with Crippen LogP contribution >= 0.6 is 0 Å². The fourth-order valence-corrected chi connectivity index (χ4v) is 2.26. The lowest BCUT2D eigenvalue weighted by molar-refractivity contribution is -0.111. The maximum atomic E-state index is 12.1. The molecule has 1 amide bonds. The molecule has 5 heteroatoms. The van der Waals surface area contributed by atoms with Gasteiger partial charge in [0.25, 0.3) is 0 Å². The van der Waals surface area contributed by atoms with Gasteiger partial charge in [0.2, 0.25) is 5.91 Å². The SMILES string of the molecule is CCCOc1ccc(/C=C/C(=O)Nc2ccc(OC)cc2)cc1OCC. The first-order valence-corrected chi connectivity index (χ1v) is 8.69. The predicted octanol–water partition coefficient (Wildman–Crippen LogP) is 4.53. The Balaban J connectivity index is 2.03. The van der Waals surface area contributed by atoms with Crippen LogP contribution < -0.4 is 19.5 Å². The lowest BCUT2D eigenvalue weighted by Crippen LogP contribution is -2.07. The van der Waals surface area contributed by atoms with Crippen molar-refractivity contribution in [2.24, 2.45) is 0 Å². The largest absolute Gasteiger partial charge is 0.497 e. The van der Waals surface area contributed by atoms with Crippen LogP contribution in [0.1, 0.15) is 25.8 Å². The van der Waals surface area contributed by atoms with E-state index in [1.807, 2.05) is 25.1 Å². The highest BCUT2D eigenvalue weighted by Crippen LogP contribution is 2.29. The summed E-state index contributed by atoms with van der Waals surface area (Å²) in [5.74, 6) is 1.93. The number of carbonyl (C=O) groups excluding carboxylic acids is 1. The van der Waals surface area contributed by atoms with E-state index in [0.717, 1.165) is 17.7 Å². The summed E-state index contributed by atoms with van der Waals surface area (Å²) in [6.45, 7) is 5.17. The zero-order chi connectivity index (χ0) is 18.8. The highest BCUT2D eigenvalue weighted by molar-refractivity contribution is 6.01. The van der Waals surface area contributed by atoms with E-state index in [4.69, 9.17) is 14.2 Å². The third-order valence-corrected chi connectivity index (χ3v) is 3.51. The number of nitrogens with one attached hydrogen (secondary N) is 1. The Kier molecular flexibility index (Phi) is 7.55. The van der Waals surface area contributed by atoms with Gasteiger partial charge in [-0.1, -0.05) is 13.0 Å². The van der Waals surface area contributed by atoms with Gasteiger partial charge in [0.15, 0.2) is 11.5 Å². The van der Waals surface area contributed by atoms with Crippen molar-refractivity contribution >= 4 is 17.7 Å². The highest BCUT2D eigenvalue weighted by atomic mass is 16.5. The topological polar surface area (TPSA) is 56.8 Å². The third kappa shape index (κ3) is 5.84. The Morgan fingerprint density at radius 1 is 1.04 bits per heavy atom. The van der Waals surface area contributed by atoms with E-state index in [1.54, 1.807) is 37.5 Å². The zero-order valence-electron chi connectivity index (χ0n) is 15.5. The van der Waals surface area contributed by atoms with Crippen molar-refractivity contribution in [2.75, 3.05) is 25.6 Å². The number of hydrogen-bond donors (Lipinski definition) is 1. The molecule has 0 saturated heterocycles. The monoisotopic (exact) mass is 355 g/mol. The van der Waals surface area contributed by atoms with Gasteiger partial charge in [-0.05, 0) is 61.4 Å². The van der Waals surface area contributed by atoms with E-state index in [-0.39, 0.29) is 5.91 Å². The molecule has 26 heavy (non-hydrogen) atoms. The van der Waals surface area contributed by atoms with E-state index in [2.05, 4.69) is 12.2 Å². The van der Waals surface area contributed by atoms with Gasteiger partial charge in [0, 0.05) is 11.8 Å². The Labute approximate surface area is 154 Å². The van der Waals surface area contributed by atoms with Crippen molar-refractivity contribution in [3.63, 3.8) is 0 Å². The van der Waals surface area contributed by atoms with Crippen molar-refractivity contribution in [2.45, 2.75) is 20.3 Å². The minimum Gasteiger partial charge on any atom is -0.497 e. The molecule has 0 aromatic heterocycles. The van der Waals surface area contributed by atoms with Crippen molar-refractivity contribution in [1.82, 2.24) is 0 Å². The molecule has 0 aliphatic heterocycles. The van der Waals surface area contributed by atoms with Crippen LogP contribution in [0.5, 0.6) is 17.2 Å². The Morgan fingerprint density at radius 2 is 1.81 bits per heavy atom. The molecule has 1 N–H and O–H groups in total. The standard InChI is InChI=1S/C21H25NO4/c1-4-14-26-19-12-6-16(15-20(19)25-5-2)7-13-21(23)22-17-8-10-18(24-3)11-9-17/h6-13,15H,4-5,14H2,1-3H3,(H,22,23)/b13-7+. The van der Waals surface area contributed by atoms with Crippen LogP contribution in [0.2, 0.25) is 0 Å². The zero-order valence-corrected chi connectivity index (χ0v) is 15.5. The normalized spacial score (nSPS) is 10.6. The van der Waals surface area contributed by atoms with Crippen LogP contribution in [-0.4, -0.2) is 26.2 Å². The van der Waals surface area contributed by atoms with E-state index >= 15 is 0 Å². The van der Waals surface area contributed by atoms with Gasteiger partial charge in [-0.2, -0.15) is 0 Å². The maximum absolute atomic E-state index is 12.1. The summed E-state index contributed by atoms with van der Waals surface area (Å²) < 4.78 is 16.4. The molecule has 5 nitrogen and oxygen atoms in total. The van der Waals surface area contributed by atoms with Crippen molar-refractivity contribution in [3.8, 4) is 17.2 Å². The van der Waals surface area contributed by atoms with E-state index < -0.39 is 0 Å². The van der Waals surface area contributed by atoms with Gasteiger partial charge in [0.05, 0.1) is 20.3 Å². The summed E-state index contributed by atoms with van der Waals surface area (Å²) in [7, 11) is 1.60. The first-order chi connectivity index (χ1) is 12.7. The van der Waals surface area contributed by atoms with Crippen molar-refractivity contribution in [1.29, 1.82) is 0 Å². The molecule has 0 radical (unpaired) electrons. The van der Waals surface area contributed by atoms with Gasteiger partial charge >= 0.3 is 0 Å². The van der Waals surface area contributed by atoms with Gasteiger partial charge in [0.1, 0.15) is 5.75 Å². The van der Waals surface area contributed by atoms with Crippen LogP contribution in [0.25, 0.3) is 6.08 Å². The third-order valence-electron chi connectivity index (χ3n) is 3.51. The molecule has 2 aromatic rings. The van der Waals surface area contributed by atoms with E-state index in [0.29, 0.717) is 30.4 Å². The second kappa shape index (κ2) is 10.1. The summed E-state index contributed by atoms with van der Waals surface area (Å²) in [5, 5.41) is 2.81. The van der Waals surface area contributed by atoms with E-state index in [9.17, 15) is 4.79 Å². The summed E-state index contributed by atoms with van der Waals surface area (Å²) in [6, 6.07) is 12.8. The molecule has 0 unspecified atom stereocenters. The van der Waals surface area contributed by atoms with Crippen molar-refractivity contribution < 1.29 is 19.0 Å². The maximum Gasteiger partial charge on any atom is 0.248 e. The van der Waals surface area contributed by atoms with Crippen LogP contribution in [0, 0.1) is 0 Å². The Bertz CT molecular complexity index is 738. The lowest BCUT2D eigenvalue weighted by atomic mass is 10.2. The summed E-state index contributed by atoms with van der Waals surface area (Å²) >= 11 is 0. The summed E-state index contributed by atoms with van der Waals surface area (Å²) in [6.07, 6.45) is 4.16. The lowest BCUT2D eigenvalue weighted by Gasteiger charge is -2.12. The molecule has 0 atom stereocenters. The number of anilines is 1. The highest BCUT2D eigenvalue weighted by Gasteiger charge is 2.06. The molecule has 0 aliphatic rings. The average Bonchev–Trinajstić information content (AvgIpc) is 2.66. The van der Waals surface area contributed by atoms with Crippen LogP contribution in [-0.2, 0) is 4.79 Å². The minimum atomic E-state index is -0.209. The van der Waals surface area contributed by atoms with Crippen LogP contribution in [0.4, 0.5) is 5.69 Å². The first kappa shape index (κ1) is 19.4. The molecular weight excluding hydrogens is 330 g/mol. The molecule has 138 valence electrons. The van der Waals surface area contributed by atoms with Gasteiger partial charge < -0.3 is 19.5 Å². The Morgan fingerprint density at radius 3 is 2.46 bits per heavy atom. The molecule has 2 rings (SSSR count). The molecule has 0 aliphatic carbocycles. The Hall–Kier alpha value is -2.95. The smallest absolute Gasteiger partial charge is 0.248 e. The van der Waals surface area contributed by atoms with Crippen LogP contribution in [0.15, 0.2) is 48.5 Å². The van der Waals surface area contributed by atoms with Crippen molar-refractivity contribution in [3.05, 3.63) is 54.1 Å². The second-order valence-corrected chi connectivity index (χ2v) is 5.54.